The van der Waals surface area contributed by atoms with E-state index >= 15 is 0 Å². The summed E-state index contributed by atoms with van der Waals surface area (Å²) in [4.78, 5) is 13.4. The minimum Gasteiger partial charge on any atom is -0.394 e. The first-order valence-electron chi connectivity index (χ1n) is 7.05. The number of aromatic nitrogens is 4. The van der Waals surface area contributed by atoms with Gasteiger partial charge in [0.2, 0.25) is 0 Å². The molecule has 0 saturated carbocycles. The van der Waals surface area contributed by atoms with E-state index < -0.39 is 6.10 Å². The van der Waals surface area contributed by atoms with Gasteiger partial charge in [0.05, 0.1) is 47.6 Å². The molecule has 0 aliphatic carbocycles. The van der Waals surface area contributed by atoms with Crippen LogP contribution in [0.3, 0.4) is 0 Å². The van der Waals surface area contributed by atoms with Crippen LogP contribution in [0.25, 0.3) is 32.8 Å². The molecule has 110 valence electrons. The van der Waals surface area contributed by atoms with Crippen molar-refractivity contribution in [2.24, 2.45) is 0 Å². The van der Waals surface area contributed by atoms with Gasteiger partial charge in [-0.15, -0.1) is 0 Å². The second-order valence-electron chi connectivity index (χ2n) is 5.23. The summed E-state index contributed by atoms with van der Waals surface area (Å²) in [6.45, 7) is -0.00619. The standard InChI is InChI=1S/C16H14N4O2/c21-8-10(22)7-20-9-19-15-11-3-1-5-17-13(11)14-12(16(15)20)4-2-6-18-14/h1-6,9-10,21-22H,7-8H2/t10-/m1/s1. The number of fused-ring (bicyclic) bond motifs is 6. The van der Waals surface area contributed by atoms with Crippen LogP contribution >= 0.6 is 0 Å². The first kappa shape index (κ1) is 13.1. The first-order valence-corrected chi connectivity index (χ1v) is 7.05. The van der Waals surface area contributed by atoms with E-state index in [9.17, 15) is 5.11 Å². The monoisotopic (exact) mass is 294 g/mol. The van der Waals surface area contributed by atoms with E-state index in [1.807, 2.05) is 28.8 Å². The lowest BCUT2D eigenvalue weighted by atomic mass is 10.1. The molecule has 1 aromatic carbocycles. The molecule has 0 radical (unpaired) electrons. The highest BCUT2D eigenvalue weighted by molar-refractivity contribution is 6.20. The Morgan fingerprint density at radius 2 is 1.64 bits per heavy atom. The van der Waals surface area contributed by atoms with Crippen LogP contribution in [-0.4, -0.2) is 42.4 Å². The summed E-state index contributed by atoms with van der Waals surface area (Å²) in [5.74, 6) is 0. The number of pyridine rings is 2. The van der Waals surface area contributed by atoms with Gasteiger partial charge in [-0.05, 0) is 24.3 Å². The van der Waals surface area contributed by atoms with Crippen LogP contribution in [0.1, 0.15) is 0 Å². The molecule has 4 aromatic rings. The Hall–Kier alpha value is -2.57. The predicted molar refractivity (Wildman–Crippen MR) is 83.4 cm³/mol. The highest BCUT2D eigenvalue weighted by Gasteiger charge is 2.15. The second-order valence-corrected chi connectivity index (χ2v) is 5.23. The number of imidazole rings is 1. The third-order valence-corrected chi connectivity index (χ3v) is 3.81. The van der Waals surface area contributed by atoms with E-state index in [1.165, 1.54) is 0 Å². The van der Waals surface area contributed by atoms with Gasteiger partial charge in [0.25, 0.3) is 0 Å². The summed E-state index contributed by atoms with van der Waals surface area (Å²) in [6.07, 6.45) is 4.34. The number of benzene rings is 1. The molecule has 4 rings (SSSR count). The molecule has 6 nitrogen and oxygen atoms in total. The molecule has 6 heteroatoms. The fourth-order valence-electron chi connectivity index (χ4n) is 2.86. The van der Waals surface area contributed by atoms with Crippen LogP contribution < -0.4 is 0 Å². The maximum Gasteiger partial charge on any atom is 0.0987 e. The van der Waals surface area contributed by atoms with Gasteiger partial charge in [-0.3, -0.25) is 9.97 Å². The number of aliphatic hydroxyl groups is 2. The van der Waals surface area contributed by atoms with Crippen LogP contribution in [0.5, 0.6) is 0 Å². The number of hydrogen-bond donors (Lipinski definition) is 2. The van der Waals surface area contributed by atoms with Crippen molar-refractivity contribution in [3.63, 3.8) is 0 Å². The van der Waals surface area contributed by atoms with Crippen LogP contribution in [0.4, 0.5) is 0 Å². The van der Waals surface area contributed by atoms with Crippen molar-refractivity contribution in [2.45, 2.75) is 12.6 Å². The van der Waals surface area contributed by atoms with Gasteiger partial charge in [0, 0.05) is 23.2 Å². The molecule has 3 aromatic heterocycles. The van der Waals surface area contributed by atoms with E-state index in [0.717, 1.165) is 32.8 Å². The fourth-order valence-corrected chi connectivity index (χ4v) is 2.86. The average molecular weight is 294 g/mol. The maximum absolute atomic E-state index is 9.75. The quantitative estimate of drug-likeness (QED) is 0.559. The Morgan fingerprint density at radius 1 is 0.955 bits per heavy atom. The molecule has 2 N–H and O–H groups in total. The molecule has 3 heterocycles. The van der Waals surface area contributed by atoms with Crippen molar-refractivity contribution < 1.29 is 10.2 Å². The van der Waals surface area contributed by atoms with Gasteiger partial charge in [-0.1, -0.05) is 0 Å². The normalized spacial score (nSPS) is 13.2. The molecular weight excluding hydrogens is 280 g/mol. The zero-order chi connectivity index (χ0) is 15.1. The molecule has 1 atom stereocenters. The molecular formula is C16H14N4O2. The van der Waals surface area contributed by atoms with Crippen molar-refractivity contribution in [3.05, 3.63) is 43.0 Å². The van der Waals surface area contributed by atoms with Crippen molar-refractivity contribution in [1.82, 2.24) is 19.5 Å². The molecule has 0 fully saturated rings. The zero-order valence-corrected chi connectivity index (χ0v) is 11.7. The fraction of sp³-hybridized carbons (Fsp3) is 0.188. The SMILES string of the molecule is OC[C@H](O)Cn1cnc2c3cccnc3c3ncccc3c21. The van der Waals surface area contributed by atoms with Gasteiger partial charge < -0.3 is 14.8 Å². The Balaban J connectivity index is 2.15. The van der Waals surface area contributed by atoms with Gasteiger partial charge in [-0.25, -0.2) is 4.98 Å². The second kappa shape index (κ2) is 5.01. The summed E-state index contributed by atoms with van der Waals surface area (Å²) in [5, 5.41) is 20.7. The molecule has 0 aliphatic heterocycles. The Labute approximate surface area is 125 Å². The van der Waals surface area contributed by atoms with Gasteiger partial charge in [0.1, 0.15) is 0 Å². The van der Waals surface area contributed by atoms with Crippen LogP contribution in [0.15, 0.2) is 43.0 Å². The van der Waals surface area contributed by atoms with Crippen molar-refractivity contribution in [3.8, 4) is 0 Å². The van der Waals surface area contributed by atoms with E-state index in [-0.39, 0.29) is 13.2 Å². The van der Waals surface area contributed by atoms with E-state index in [2.05, 4.69) is 15.0 Å². The first-order chi connectivity index (χ1) is 10.8. The van der Waals surface area contributed by atoms with Gasteiger partial charge in [-0.2, -0.15) is 0 Å². The summed E-state index contributed by atoms with van der Waals surface area (Å²) in [5.41, 5.74) is 3.36. The number of hydrogen-bond acceptors (Lipinski definition) is 5. The molecule has 0 bridgehead atoms. The Kier molecular flexibility index (Phi) is 2.99. The molecule has 22 heavy (non-hydrogen) atoms. The van der Waals surface area contributed by atoms with E-state index in [0.29, 0.717) is 0 Å². The Bertz CT molecular complexity index is 980. The highest BCUT2D eigenvalue weighted by Crippen LogP contribution is 2.31. The lowest BCUT2D eigenvalue weighted by Gasteiger charge is -2.11. The lowest BCUT2D eigenvalue weighted by molar-refractivity contribution is 0.0821. The number of nitrogens with zero attached hydrogens (tertiary/aromatic N) is 4. The lowest BCUT2D eigenvalue weighted by Crippen LogP contribution is -2.19. The minimum atomic E-state index is -0.825. The molecule has 0 amide bonds. The zero-order valence-electron chi connectivity index (χ0n) is 11.7. The topological polar surface area (TPSA) is 84.1 Å². The van der Waals surface area contributed by atoms with E-state index in [4.69, 9.17) is 5.11 Å². The summed E-state index contributed by atoms with van der Waals surface area (Å²) in [6, 6.07) is 7.69. The molecule has 0 unspecified atom stereocenters. The smallest absolute Gasteiger partial charge is 0.0987 e. The van der Waals surface area contributed by atoms with Gasteiger partial charge >= 0.3 is 0 Å². The van der Waals surface area contributed by atoms with Crippen molar-refractivity contribution in [1.29, 1.82) is 0 Å². The molecule has 0 spiro atoms. The third-order valence-electron chi connectivity index (χ3n) is 3.81. The summed E-state index contributed by atoms with van der Waals surface area (Å²) < 4.78 is 1.85. The predicted octanol–water partition coefficient (Wildman–Crippen LogP) is 1.49. The summed E-state index contributed by atoms with van der Waals surface area (Å²) >= 11 is 0. The van der Waals surface area contributed by atoms with Crippen molar-refractivity contribution >= 4 is 32.8 Å². The number of rotatable bonds is 3. The average Bonchev–Trinajstić information content (AvgIpc) is 2.99. The minimum absolute atomic E-state index is 0.281. The summed E-state index contributed by atoms with van der Waals surface area (Å²) in [7, 11) is 0. The van der Waals surface area contributed by atoms with E-state index in [1.54, 1.807) is 18.7 Å². The number of aliphatic hydroxyl groups excluding tert-OH is 2. The van der Waals surface area contributed by atoms with Crippen molar-refractivity contribution in [2.75, 3.05) is 6.61 Å². The highest BCUT2D eigenvalue weighted by atomic mass is 16.3. The molecule has 0 saturated heterocycles. The molecule has 0 aliphatic rings. The van der Waals surface area contributed by atoms with Gasteiger partial charge in [0.15, 0.2) is 0 Å². The third kappa shape index (κ3) is 1.85. The largest absolute Gasteiger partial charge is 0.394 e. The maximum atomic E-state index is 9.75. The van der Waals surface area contributed by atoms with Crippen LogP contribution in [0, 0.1) is 0 Å². The van der Waals surface area contributed by atoms with Crippen LogP contribution in [0.2, 0.25) is 0 Å². The van der Waals surface area contributed by atoms with Crippen LogP contribution in [-0.2, 0) is 6.54 Å². The Morgan fingerprint density at radius 3 is 2.36 bits per heavy atom.